The number of imide groups is 1. The molecule has 3 N–H and O–H groups in total. The third-order valence-electron chi connectivity index (χ3n) is 3.97. The molecule has 1 fully saturated rings. The van der Waals surface area contributed by atoms with Crippen LogP contribution in [0.4, 0.5) is 9.18 Å². The summed E-state index contributed by atoms with van der Waals surface area (Å²) < 4.78 is 13.2. The van der Waals surface area contributed by atoms with Gasteiger partial charge >= 0.3 is 6.03 Å². The van der Waals surface area contributed by atoms with Gasteiger partial charge in [-0.2, -0.15) is 0 Å². The Kier molecular flexibility index (Phi) is 5.40. The zero-order valence-corrected chi connectivity index (χ0v) is 13.7. The highest BCUT2D eigenvalue weighted by Gasteiger charge is 2.24. The minimum atomic E-state index is -0.465. The van der Waals surface area contributed by atoms with E-state index in [9.17, 15) is 14.0 Å². The van der Waals surface area contributed by atoms with Crippen molar-refractivity contribution in [1.29, 1.82) is 0 Å². The van der Waals surface area contributed by atoms with E-state index >= 15 is 0 Å². The molecule has 5 nitrogen and oxygen atoms in total. The highest BCUT2D eigenvalue weighted by atomic mass is 19.1. The molecule has 0 aliphatic heterocycles. The zero-order valence-electron chi connectivity index (χ0n) is 13.7. The number of halogens is 1. The van der Waals surface area contributed by atoms with E-state index in [4.69, 9.17) is 0 Å². The minimum Gasteiger partial charge on any atom is -0.335 e. The Balaban J connectivity index is 1.64. The van der Waals surface area contributed by atoms with Gasteiger partial charge in [0.15, 0.2) is 0 Å². The van der Waals surface area contributed by atoms with Crippen molar-refractivity contribution in [2.75, 3.05) is 6.54 Å². The van der Waals surface area contributed by atoms with Gasteiger partial charge < -0.3 is 5.32 Å². The van der Waals surface area contributed by atoms with Crippen molar-refractivity contribution in [2.45, 2.75) is 24.9 Å². The third kappa shape index (κ3) is 5.12. The molecule has 3 rings (SSSR count). The van der Waals surface area contributed by atoms with Gasteiger partial charge in [-0.15, -0.1) is 0 Å². The van der Waals surface area contributed by atoms with Gasteiger partial charge in [-0.1, -0.05) is 42.5 Å². The van der Waals surface area contributed by atoms with Crippen LogP contribution in [0.3, 0.4) is 0 Å². The van der Waals surface area contributed by atoms with Gasteiger partial charge in [0.05, 0.1) is 12.6 Å². The standard InChI is InChI=1S/C19H20FN3O2/c20-15-8-6-14(7-9-15)18(13-4-2-1-3-5-13)21-12-17(24)23-19(25)22-16-10-11-16/h1-9,16,18,21H,10-12H2,(H2,22,23,24,25). The molecule has 0 saturated heterocycles. The monoisotopic (exact) mass is 341 g/mol. The Morgan fingerprint density at radius 3 is 2.28 bits per heavy atom. The summed E-state index contributed by atoms with van der Waals surface area (Å²) in [4.78, 5) is 23.6. The molecule has 3 amide bonds. The van der Waals surface area contributed by atoms with Crippen LogP contribution < -0.4 is 16.0 Å². The number of rotatable bonds is 6. The van der Waals surface area contributed by atoms with Gasteiger partial charge in [-0.05, 0) is 36.1 Å². The maximum absolute atomic E-state index is 13.2. The van der Waals surface area contributed by atoms with Crippen molar-refractivity contribution < 1.29 is 14.0 Å². The first-order valence-corrected chi connectivity index (χ1v) is 8.26. The van der Waals surface area contributed by atoms with Crippen LogP contribution in [0.15, 0.2) is 54.6 Å². The first-order valence-electron chi connectivity index (χ1n) is 8.26. The molecule has 130 valence electrons. The maximum Gasteiger partial charge on any atom is 0.321 e. The largest absolute Gasteiger partial charge is 0.335 e. The maximum atomic E-state index is 13.2. The summed E-state index contributed by atoms with van der Waals surface area (Å²) >= 11 is 0. The summed E-state index contributed by atoms with van der Waals surface area (Å²) in [6.07, 6.45) is 1.92. The zero-order chi connectivity index (χ0) is 17.6. The van der Waals surface area contributed by atoms with Gasteiger partial charge in [-0.3, -0.25) is 15.4 Å². The lowest BCUT2D eigenvalue weighted by Crippen LogP contribution is -2.44. The van der Waals surface area contributed by atoms with E-state index in [2.05, 4.69) is 16.0 Å². The van der Waals surface area contributed by atoms with Gasteiger partial charge in [0.2, 0.25) is 5.91 Å². The highest BCUT2D eigenvalue weighted by molar-refractivity contribution is 5.95. The molecule has 2 aromatic carbocycles. The summed E-state index contributed by atoms with van der Waals surface area (Å²) in [6, 6.07) is 15.1. The molecule has 1 aliphatic carbocycles. The van der Waals surface area contributed by atoms with E-state index in [0.717, 1.165) is 24.0 Å². The average molecular weight is 341 g/mol. The molecule has 2 aromatic rings. The molecule has 0 radical (unpaired) electrons. The number of nitrogens with one attached hydrogen (secondary N) is 3. The van der Waals surface area contributed by atoms with E-state index in [1.54, 1.807) is 12.1 Å². The Labute approximate surface area is 145 Å². The first-order chi connectivity index (χ1) is 12.1. The topological polar surface area (TPSA) is 70.2 Å². The van der Waals surface area contributed by atoms with Crippen LogP contribution in [0, 0.1) is 5.82 Å². The number of amides is 3. The SMILES string of the molecule is O=C(CNC(c1ccccc1)c1ccc(F)cc1)NC(=O)NC1CC1. The smallest absolute Gasteiger partial charge is 0.321 e. The minimum absolute atomic E-state index is 0.0327. The van der Waals surface area contributed by atoms with Crippen molar-refractivity contribution in [1.82, 2.24) is 16.0 Å². The van der Waals surface area contributed by atoms with Crippen LogP contribution >= 0.6 is 0 Å². The van der Waals surface area contributed by atoms with Crippen molar-refractivity contribution in [2.24, 2.45) is 0 Å². The number of urea groups is 1. The average Bonchev–Trinajstić information content (AvgIpc) is 3.41. The van der Waals surface area contributed by atoms with E-state index in [0.29, 0.717) is 0 Å². The predicted octanol–water partition coefficient (Wildman–Crippen LogP) is 2.49. The highest BCUT2D eigenvalue weighted by Crippen LogP contribution is 2.22. The molecule has 1 unspecified atom stereocenters. The molecule has 0 heterocycles. The summed E-state index contributed by atoms with van der Waals surface area (Å²) in [5.74, 6) is -0.730. The second-order valence-corrected chi connectivity index (χ2v) is 6.07. The van der Waals surface area contributed by atoms with Crippen LogP contribution in [0.5, 0.6) is 0 Å². The van der Waals surface area contributed by atoms with Crippen molar-refractivity contribution >= 4 is 11.9 Å². The second kappa shape index (κ2) is 7.90. The van der Waals surface area contributed by atoms with Crippen LogP contribution in [0.1, 0.15) is 30.0 Å². The second-order valence-electron chi connectivity index (χ2n) is 6.07. The van der Waals surface area contributed by atoms with Crippen molar-refractivity contribution in [3.8, 4) is 0 Å². The molecule has 1 atom stereocenters. The Hall–Kier alpha value is -2.73. The van der Waals surface area contributed by atoms with E-state index in [1.165, 1.54) is 12.1 Å². The summed E-state index contributed by atoms with van der Waals surface area (Å²) in [7, 11) is 0. The van der Waals surface area contributed by atoms with Crippen LogP contribution in [-0.2, 0) is 4.79 Å². The Bertz CT molecular complexity index is 730. The number of benzene rings is 2. The molecule has 0 spiro atoms. The Morgan fingerprint density at radius 1 is 1.00 bits per heavy atom. The van der Waals surface area contributed by atoms with Gasteiger partial charge in [-0.25, -0.2) is 9.18 Å². The van der Waals surface area contributed by atoms with Crippen LogP contribution in [-0.4, -0.2) is 24.5 Å². The molecule has 1 aliphatic rings. The molecular formula is C19H20FN3O2. The fourth-order valence-electron chi connectivity index (χ4n) is 2.54. The fourth-order valence-corrected chi connectivity index (χ4v) is 2.54. The lowest BCUT2D eigenvalue weighted by atomic mass is 9.98. The Morgan fingerprint density at radius 2 is 1.64 bits per heavy atom. The molecule has 25 heavy (non-hydrogen) atoms. The molecule has 0 aromatic heterocycles. The molecule has 6 heteroatoms. The summed E-state index contributed by atoms with van der Waals surface area (Å²) in [5.41, 5.74) is 1.78. The van der Waals surface area contributed by atoms with E-state index < -0.39 is 11.9 Å². The number of hydrogen-bond acceptors (Lipinski definition) is 3. The molecular weight excluding hydrogens is 321 g/mol. The molecule has 0 bridgehead atoms. The number of carbonyl (C=O) groups is 2. The number of hydrogen-bond donors (Lipinski definition) is 3. The van der Waals surface area contributed by atoms with Gasteiger partial charge in [0.1, 0.15) is 5.82 Å². The summed E-state index contributed by atoms with van der Waals surface area (Å²) in [6.45, 7) is -0.0327. The van der Waals surface area contributed by atoms with E-state index in [1.807, 2.05) is 30.3 Å². The normalized spacial score (nSPS) is 14.6. The van der Waals surface area contributed by atoms with Crippen LogP contribution in [0.25, 0.3) is 0 Å². The van der Waals surface area contributed by atoms with Crippen molar-refractivity contribution in [3.63, 3.8) is 0 Å². The summed E-state index contributed by atoms with van der Waals surface area (Å²) in [5, 5.41) is 8.14. The predicted molar refractivity (Wildman–Crippen MR) is 92.4 cm³/mol. The van der Waals surface area contributed by atoms with Gasteiger partial charge in [0.25, 0.3) is 0 Å². The van der Waals surface area contributed by atoms with Crippen LogP contribution in [0.2, 0.25) is 0 Å². The van der Waals surface area contributed by atoms with E-state index in [-0.39, 0.29) is 24.4 Å². The quantitative estimate of drug-likeness (QED) is 0.756. The third-order valence-corrected chi connectivity index (χ3v) is 3.97. The molecule has 1 saturated carbocycles. The lowest BCUT2D eigenvalue weighted by Gasteiger charge is -2.19. The van der Waals surface area contributed by atoms with Crippen molar-refractivity contribution in [3.05, 3.63) is 71.5 Å². The number of carbonyl (C=O) groups excluding carboxylic acids is 2. The first kappa shape index (κ1) is 17.1. The fraction of sp³-hybridized carbons (Fsp3) is 0.263. The lowest BCUT2D eigenvalue weighted by molar-refractivity contribution is -0.119. The van der Waals surface area contributed by atoms with Gasteiger partial charge in [0, 0.05) is 6.04 Å².